The maximum absolute atomic E-state index is 11.1. The third-order valence-electron chi connectivity index (χ3n) is 3.18. The van der Waals surface area contributed by atoms with Crippen LogP contribution in [0.4, 0.5) is 10.8 Å². The standard InChI is InChI=1S/C16H11N5O2S2/c17-9-12-6-7-13(21(22)23)14(8-12)24-16-20-19-15(25-16)18-10-11-4-2-1-3-5-11/h1-8H,10H2,(H,18,19). The molecule has 0 amide bonds. The molecule has 3 aromatic rings. The highest BCUT2D eigenvalue weighted by atomic mass is 32.2. The molecule has 1 heterocycles. The van der Waals surface area contributed by atoms with Gasteiger partial charge in [0.05, 0.1) is 21.5 Å². The molecule has 0 aliphatic heterocycles. The summed E-state index contributed by atoms with van der Waals surface area (Å²) in [5.41, 5.74) is 1.42. The number of nitriles is 1. The maximum Gasteiger partial charge on any atom is 0.283 e. The molecule has 0 spiro atoms. The lowest BCUT2D eigenvalue weighted by Crippen LogP contribution is -1.98. The van der Waals surface area contributed by atoms with E-state index in [2.05, 4.69) is 15.5 Å². The summed E-state index contributed by atoms with van der Waals surface area (Å²) >= 11 is 2.43. The van der Waals surface area contributed by atoms with Crippen LogP contribution in [0.3, 0.4) is 0 Å². The fourth-order valence-electron chi connectivity index (χ4n) is 2.01. The molecule has 0 fully saturated rings. The first-order valence-electron chi connectivity index (χ1n) is 7.13. The van der Waals surface area contributed by atoms with Crippen molar-refractivity contribution in [2.75, 3.05) is 5.32 Å². The van der Waals surface area contributed by atoms with Crippen LogP contribution in [0.25, 0.3) is 0 Å². The van der Waals surface area contributed by atoms with Gasteiger partial charge in [-0.25, -0.2) is 0 Å². The predicted octanol–water partition coefficient (Wildman–Crippen LogP) is 4.08. The van der Waals surface area contributed by atoms with Crippen molar-refractivity contribution in [3.8, 4) is 6.07 Å². The second kappa shape index (κ2) is 7.74. The highest BCUT2D eigenvalue weighted by molar-refractivity contribution is 8.01. The Morgan fingerprint density at radius 1 is 1.24 bits per heavy atom. The molecule has 0 aliphatic carbocycles. The monoisotopic (exact) mass is 369 g/mol. The zero-order chi connectivity index (χ0) is 17.6. The molecule has 0 radical (unpaired) electrons. The van der Waals surface area contributed by atoms with Crippen LogP contribution in [0.5, 0.6) is 0 Å². The lowest BCUT2D eigenvalue weighted by Gasteiger charge is -2.01. The first-order chi connectivity index (χ1) is 12.2. The molecule has 0 saturated heterocycles. The number of aromatic nitrogens is 2. The van der Waals surface area contributed by atoms with Gasteiger partial charge in [-0.3, -0.25) is 10.1 Å². The van der Waals surface area contributed by atoms with Crippen molar-refractivity contribution in [2.24, 2.45) is 0 Å². The van der Waals surface area contributed by atoms with E-state index in [0.29, 0.717) is 26.5 Å². The van der Waals surface area contributed by atoms with E-state index in [1.54, 1.807) is 0 Å². The van der Waals surface area contributed by atoms with E-state index in [0.717, 1.165) is 17.3 Å². The Bertz CT molecular complexity index is 937. The molecule has 9 heteroatoms. The highest BCUT2D eigenvalue weighted by Crippen LogP contribution is 2.37. The summed E-state index contributed by atoms with van der Waals surface area (Å²) in [6, 6.07) is 16.1. The third kappa shape index (κ3) is 4.32. The topological polar surface area (TPSA) is 105 Å². The van der Waals surface area contributed by atoms with Gasteiger partial charge in [-0.2, -0.15) is 5.26 Å². The molecule has 3 rings (SSSR count). The van der Waals surface area contributed by atoms with Crippen molar-refractivity contribution in [1.29, 1.82) is 5.26 Å². The molecule has 0 unspecified atom stereocenters. The number of nitrogens with zero attached hydrogens (tertiary/aromatic N) is 4. The van der Waals surface area contributed by atoms with Crippen molar-refractivity contribution in [2.45, 2.75) is 15.8 Å². The lowest BCUT2D eigenvalue weighted by atomic mass is 10.2. The summed E-state index contributed by atoms with van der Waals surface area (Å²) in [5.74, 6) is 0. The number of nitrogens with one attached hydrogen (secondary N) is 1. The number of benzene rings is 2. The van der Waals surface area contributed by atoms with Crippen LogP contribution < -0.4 is 5.32 Å². The van der Waals surface area contributed by atoms with Crippen molar-refractivity contribution in [3.63, 3.8) is 0 Å². The highest BCUT2D eigenvalue weighted by Gasteiger charge is 2.17. The second-order valence-electron chi connectivity index (χ2n) is 4.87. The van der Waals surface area contributed by atoms with E-state index in [4.69, 9.17) is 5.26 Å². The smallest absolute Gasteiger partial charge is 0.283 e. The molecule has 2 aromatic carbocycles. The van der Waals surface area contributed by atoms with Crippen molar-refractivity contribution in [3.05, 3.63) is 69.8 Å². The molecule has 7 nitrogen and oxygen atoms in total. The van der Waals surface area contributed by atoms with Gasteiger partial charge < -0.3 is 5.32 Å². The number of nitro benzene ring substituents is 1. The number of anilines is 1. The van der Waals surface area contributed by atoms with Gasteiger partial charge >= 0.3 is 0 Å². The Kier molecular flexibility index (Phi) is 5.23. The van der Waals surface area contributed by atoms with Crippen LogP contribution in [-0.2, 0) is 6.54 Å². The van der Waals surface area contributed by atoms with Gasteiger partial charge in [0.15, 0.2) is 4.34 Å². The Labute approximate surface area is 151 Å². The summed E-state index contributed by atoms with van der Waals surface area (Å²) in [7, 11) is 0. The molecule has 25 heavy (non-hydrogen) atoms. The van der Waals surface area contributed by atoms with Crippen LogP contribution in [0, 0.1) is 21.4 Å². The van der Waals surface area contributed by atoms with Gasteiger partial charge in [-0.05, 0) is 29.5 Å². The normalized spacial score (nSPS) is 10.2. The van der Waals surface area contributed by atoms with E-state index in [9.17, 15) is 10.1 Å². The second-order valence-corrected chi connectivity index (χ2v) is 7.13. The number of rotatable bonds is 6. The van der Waals surface area contributed by atoms with Gasteiger partial charge in [0.2, 0.25) is 5.13 Å². The molecule has 0 saturated carbocycles. The van der Waals surface area contributed by atoms with E-state index >= 15 is 0 Å². The minimum atomic E-state index is -0.473. The van der Waals surface area contributed by atoms with E-state index in [-0.39, 0.29) is 5.69 Å². The fraction of sp³-hybridized carbons (Fsp3) is 0.0625. The van der Waals surface area contributed by atoms with E-state index < -0.39 is 4.92 Å². The summed E-state index contributed by atoms with van der Waals surface area (Å²) < 4.78 is 0.564. The first kappa shape index (κ1) is 16.9. The van der Waals surface area contributed by atoms with Crippen LogP contribution >= 0.6 is 23.1 Å². The molecule has 0 atom stereocenters. The van der Waals surface area contributed by atoms with Gasteiger partial charge in [-0.15, -0.1) is 10.2 Å². The molecular formula is C16H11N5O2S2. The van der Waals surface area contributed by atoms with Crippen molar-refractivity contribution < 1.29 is 4.92 Å². The summed E-state index contributed by atoms with van der Waals surface area (Å²) in [6.07, 6.45) is 0. The minimum absolute atomic E-state index is 0.0574. The zero-order valence-electron chi connectivity index (χ0n) is 12.7. The predicted molar refractivity (Wildman–Crippen MR) is 95.6 cm³/mol. The lowest BCUT2D eigenvalue weighted by molar-refractivity contribution is -0.387. The van der Waals surface area contributed by atoms with Crippen LogP contribution in [0.15, 0.2) is 57.8 Å². The minimum Gasteiger partial charge on any atom is -0.356 e. The fourth-order valence-corrected chi connectivity index (χ4v) is 3.85. The van der Waals surface area contributed by atoms with Crippen LogP contribution in [0.1, 0.15) is 11.1 Å². The number of nitro groups is 1. The molecule has 124 valence electrons. The maximum atomic E-state index is 11.1. The average molecular weight is 369 g/mol. The van der Waals surface area contributed by atoms with Crippen molar-refractivity contribution in [1.82, 2.24) is 10.2 Å². The van der Waals surface area contributed by atoms with Gasteiger partial charge in [0.1, 0.15) is 0 Å². The van der Waals surface area contributed by atoms with Gasteiger partial charge in [-0.1, -0.05) is 41.7 Å². The summed E-state index contributed by atoms with van der Waals surface area (Å²) in [6.45, 7) is 0.615. The third-order valence-corrected chi connectivity index (χ3v) is 5.15. The number of hydrogen-bond donors (Lipinski definition) is 1. The Morgan fingerprint density at radius 2 is 2.04 bits per heavy atom. The van der Waals surface area contributed by atoms with Crippen molar-refractivity contribution >= 4 is 33.9 Å². The first-order valence-corrected chi connectivity index (χ1v) is 8.76. The molecule has 0 aliphatic rings. The summed E-state index contributed by atoms with van der Waals surface area (Å²) in [4.78, 5) is 11.0. The quantitative estimate of drug-likeness (QED) is 0.515. The average Bonchev–Trinajstić information content (AvgIpc) is 3.08. The SMILES string of the molecule is N#Cc1ccc([N+](=O)[O-])c(Sc2nnc(NCc3ccccc3)s2)c1. The van der Waals surface area contributed by atoms with E-state index in [1.807, 2.05) is 36.4 Å². The molecule has 1 N–H and O–H groups in total. The molecule has 0 bridgehead atoms. The van der Waals surface area contributed by atoms with Crippen LogP contribution in [0.2, 0.25) is 0 Å². The van der Waals surface area contributed by atoms with Gasteiger partial charge in [0.25, 0.3) is 5.69 Å². The summed E-state index contributed by atoms with van der Waals surface area (Å²) in [5, 5.41) is 32.0. The van der Waals surface area contributed by atoms with E-state index in [1.165, 1.54) is 29.5 Å². The van der Waals surface area contributed by atoms with Crippen LogP contribution in [-0.4, -0.2) is 15.1 Å². The Morgan fingerprint density at radius 3 is 2.76 bits per heavy atom. The zero-order valence-corrected chi connectivity index (χ0v) is 14.4. The molecule has 1 aromatic heterocycles. The Hall–Kier alpha value is -2.96. The Balaban J connectivity index is 1.73. The largest absolute Gasteiger partial charge is 0.356 e. The van der Waals surface area contributed by atoms with Gasteiger partial charge in [0, 0.05) is 12.6 Å². The molecular weight excluding hydrogens is 358 g/mol. The number of hydrogen-bond acceptors (Lipinski definition) is 8.